The third-order valence-corrected chi connectivity index (χ3v) is 9.43. The molecule has 1 aromatic heterocycles. The summed E-state index contributed by atoms with van der Waals surface area (Å²) in [5.74, 6) is 0.590. The fraction of sp³-hybridized carbons (Fsp3) is 0.188. The van der Waals surface area contributed by atoms with Crippen molar-refractivity contribution in [2.45, 2.75) is 24.1 Å². The van der Waals surface area contributed by atoms with Crippen LogP contribution in [-0.2, 0) is 14.4 Å². The van der Waals surface area contributed by atoms with Crippen molar-refractivity contribution < 1.29 is 14.4 Å². The highest BCUT2D eigenvalue weighted by atomic mass is 32.2. The van der Waals surface area contributed by atoms with Gasteiger partial charge in [0, 0.05) is 17.1 Å². The van der Waals surface area contributed by atoms with Crippen molar-refractivity contribution in [2.24, 2.45) is 0 Å². The molecule has 0 saturated carbocycles. The third-order valence-electron chi connectivity index (χ3n) is 6.34. The Balaban J connectivity index is 1.06. The van der Waals surface area contributed by atoms with E-state index in [9.17, 15) is 14.4 Å². The average molecular weight is 615 g/mol. The number of carbonyl (C=O) groups is 3. The number of hydrogen-bond donors (Lipinski definition) is 3. The first-order valence-corrected chi connectivity index (χ1v) is 16.4. The van der Waals surface area contributed by atoms with E-state index in [1.807, 2.05) is 78.9 Å². The average Bonchev–Trinajstić information content (AvgIpc) is 3.38. The van der Waals surface area contributed by atoms with Gasteiger partial charge in [-0.2, -0.15) is 0 Å². The number of fused-ring (bicyclic) bond motifs is 2. The largest absolute Gasteiger partial charge is 0.325 e. The van der Waals surface area contributed by atoms with Crippen LogP contribution in [0.4, 0.5) is 17.1 Å². The lowest BCUT2D eigenvalue weighted by molar-refractivity contribution is -0.114. The molecule has 1 heterocycles. The lowest BCUT2D eigenvalue weighted by Gasteiger charge is -2.08. The Morgan fingerprint density at radius 3 is 2.02 bits per heavy atom. The maximum Gasteiger partial charge on any atom is 0.234 e. The molecule has 0 aliphatic rings. The lowest BCUT2D eigenvalue weighted by Crippen LogP contribution is -2.18. The van der Waals surface area contributed by atoms with Gasteiger partial charge < -0.3 is 16.0 Å². The van der Waals surface area contributed by atoms with Crippen LogP contribution in [0.15, 0.2) is 89.3 Å². The molecular weight excluding hydrogens is 585 g/mol. The second-order valence-electron chi connectivity index (χ2n) is 9.93. The first kappa shape index (κ1) is 29.6. The van der Waals surface area contributed by atoms with Crippen LogP contribution < -0.4 is 16.0 Å². The van der Waals surface area contributed by atoms with Crippen LogP contribution in [0.1, 0.15) is 25.3 Å². The van der Waals surface area contributed by atoms with Crippen LogP contribution in [0.25, 0.3) is 21.0 Å². The Labute approximate surface area is 256 Å². The summed E-state index contributed by atoms with van der Waals surface area (Å²) in [5, 5.41) is 10.9. The van der Waals surface area contributed by atoms with E-state index in [1.165, 1.54) is 40.4 Å². The number of thioether (sulfide) groups is 2. The van der Waals surface area contributed by atoms with E-state index < -0.39 is 0 Å². The van der Waals surface area contributed by atoms with Gasteiger partial charge in [0.05, 0.1) is 27.5 Å². The summed E-state index contributed by atoms with van der Waals surface area (Å²) in [6.07, 6.45) is 0. The molecular formula is C32H30N4O3S3. The zero-order valence-electron chi connectivity index (χ0n) is 23.2. The highest BCUT2D eigenvalue weighted by Crippen LogP contribution is 2.31. The molecule has 10 heteroatoms. The Kier molecular flexibility index (Phi) is 9.78. The van der Waals surface area contributed by atoms with Crippen molar-refractivity contribution in [1.82, 2.24) is 4.98 Å². The van der Waals surface area contributed by atoms with E-state index in [1.54, 1.807) is 6.07 Å². The summed E-state index contributed by atoms with van der Waals surface area (Å²) in [5.41, 5.74) is 4.21. The van der Waals surface area contributed by atoms with Crippen molar-refractivity contribution in [3.05, 3.63) is 90.5 Å². The molecule has 0 bridgehead atoms. The predicted octanol–water partition coefficient (Wildman–Crippen LogP) is 7.61. The Morgan fingerprint density at radius 1 is 0.714 bits per heavy atom. The topological polar surface area (TPSA) is 100 Å². The number of nitrogens with zero attached hydrogens (tertiary/aromatic N) is 1. The van der Waals surface area contributed by atoms with Gasteiger partial charge in [-0.1, -0.05) is 68.1 Å². The number of nitrogens with one attached hydrogen (secondary N) is 3. The van der Waals surface area contributed by atoms with E-state index in [0.717, 1.165) is 36.7 Å². The minimum Gasteiger partial charge on any atom is -0.325 e. The minimum absolute atomic E-state index is 0.0899. The van der Waals surface area contributed by atoms with Crippen molar-refractivity contribution in [1.29, 1.82) is 0 Å². The summed E-state index contributed by atoms with van der Waals surface area (Å²) >= 11 is 4.12. The second-order valence-corrected chi connectivity index (χ2v) is 13.2. The van der Waals surface area contributed by atoms with E-state index in [0.29, 0.717) is 11.6 Å². The van der Waals surface area contributed by atoms with Gasteiger partial charge in [-0.25, -0.2) is 4.98 Å². The van der Waals surface area contributed by atoms with Crippen molar-refractivity contribution in [2.75, 3.05) is 33.2 Å². The van der Waals surface area contributed by atoms with Gasteiger partial charge in [0.1, 0.15) is 0 Å². The molecule has 42 heavy (non-hydrogen) atoms. The predicted molar refractivity (Wildman–Crippen MR) is 178 cm³/mol. The number of amides is 3. The van der Waals surface area contributed by atoms with Crippen molar-refractivity contribution >= 4 is 90.6 Å². The minimum atomic E-state index is -0.185. The molecule has 0 atom stereocenters. The molecule has 7 nitrogen and oxygen atoms in total. The van der Waals surface area contributed by atoms with Crippen molar-refractivity contribution in [3.63, 3.8) is 0 Å². The molecule has 214 valence electrons. The van der Waals surface area contributed by atoms with E-state index in [4.69, 9.17) is 0 Å². The first-order valence-electron chi connectivity index (χ1n) is 13.4. The Hall–Kier alpha value is -3.86. The zero-order chi connectivity index (χ0) is 29.5. The summed E-state index contributed by atoms with van der Waals surface area (Å²) in [4.78, 5) is 41.9. The molecule has 5 rings (SSSR count). The highest BCUT2D eigenvalue weighted by molar-refractivity contribution is 8.01. The quantitative estimate of drug-likeness (QED) is 0.132. The van der Waals surface area contributed by atoms with Crippen LogP contribution in [0.5, 0.6) is 0 Å². The number of hydrogen-bond acceptors (Lipinski definition) is 7. The van der Waals surface area contributed by atoms with Crippen LogP contribution in [0.3, 0.4) is 0 Å². The van der Waals surface area contributed by atoms with Gasteiger partial charge in [0.25, 0.3) is 0 Å². The summed E-state index contributed by atoms with van der Waals surface area (Å²) < 4.78 is 1.70. The smallest absolute Gasteiger partial charge is 0.234 e. The second kappa shape index (κ2) is 13.9. The number of carbonyl (C=O) groups excluding carboxylic acids is 3. The standard InChI is InChI=1S/C32H30N4O3S3/c1-20(2)21-7-10-24(11-8-21)33-31(39)19-41-32-36-27-14-13-26(16-28(27)42-32)35-30(38)18-40-17-29(37)34-25-12-9-22-5-3-4-6-23(22)15-25/h3-16,20H,17-19H2,1-2H3,(H,33,39)(H,34,37)(H,35,38). The molecule has 5 aromatic rings. The number of rotatable bonds is 11. The highest BCUT2D eigenvalue weighted by Gasteiger charge is 2.11. The summed E-state index contributed by atoms with van der Waals surface area (Å²) in [7, 11) is 0. The normalized spacial score (nSPS) is 11.1. The molecule has 0 unspecified atom stereocenters. The summed E-state index contributed by atoms with van der Waals surface area (Å²) in [6.45, 7) is 4.27. The first-order chi connectivity index (χ1) is 20.3. The zero-order valence-corrected chi connectivity index (χ0v) is 25.6. The SMILES string of the molecule is CC(C)c1ccc(NC(=O)CSc2nc3ccc(NC(=O)CSCC(=O)Nc4ccc5ccccc5c4)cc3s2)cc1. The number of aromatic nitrogens is 1. The van der Waals surface area contributed by atoms with Gasteiger partial charge in [0.15, 0.2) is 4.34 Å². The van der Waals surface area contributed by atoms with Gasteiger partial charge >= 0.3 is 0 Å². The molecule has 3 N–H and O–H groups in total. The summed E-state index contributed by atoms with van der Waals surface area (Å²) in [6, 6.07) is 27.2. The number of benzene rings is 4. The maximum absolute atomic E-state index is 12.5. The molecule has 0 radical (unpaired) electrons. The molecule has 3 amide bonds. The van der Waals surface area contributed by atoms with Crippen LogP contribution in [0, 0.1) is 0 Å². The van der Waals surface area contributed by atoms with Crippen LogP contribution in [-0.4, -0.2) is 40.0 Å². The van der Waals surface area contributed by atoms with Crippen LogP contribution >= 0.6 is 34.9 Å². The number of thiazole rings is 1. The molecule has 4 aromatic carbocycles. The van der Waals surface area contributed by atoms with Gasteiger partial charge in [0.2, 0.25) is 17.7 Å². The van der Waals surface area contributed by atoms with E-state index in [2.05, 4.69) is 34.8 Å². The fourth-order valence-corrected chi connectivity index (χ4v) is 6.74. The molecule has 0 aliphatic carbocycles. The Bertz CT molecular complexity index is 1730. The maximum atomic E-state index is 12.5. The molecule has 0 fully saturated rings. The van der Waals surface area contributed by atoms with Gasteiger partial charge in [-0.15, -0.1) is 23.1 Å². The Morgan fingerprint density at radius 2 is 1.31 bits per heavy atom. The number of anilines is 3. The molecule has 0 saturated heterocycles. The lowest BCUT2D eigenvalue weighted by atomic mass is 10.0. The molecule has 0 spiro atoms. The van der Waals surface area contributed by atoms with E-state index >= 15 is 0 Å². The fourth-order valence-electron chi connectivity index (χ4n) is 4.22. The van der Waals surface area contributed by atoms with Crippen molar-refractivity contribution in [3.8, 4) is 0 Å². The molecule has 0 aliphatic heterocycles. The van der Waals surface area contributed by atoms with Gasteiger partial charge in [-0.3, -0.25) is 14.4 Å². The third kappa shape index (κ3) is 8.12. The monoisotopic (exact) mass is 614 g/mol. The van der Waals surface area contributed by atoms with Crippen LogP contribution in [0.2, 0.25) is 0 Å². The van der Waals surface area contributed by atoms with Gasteiger partial charge in [-0.05, 0) is 64.7 Å². The van der Waals surface area contributed by atoms with E-state index in [-0.39, 0.29) is 35.0 Å².